The number of rotatable bonds is 1. The van der Waals surface area contributed by atoms with E-state index in [9.17, 15) is 4.91 Å². The van der Waals surface area contributed by atoms with Crippen LogP contribution in [0.1, 0.15) is 6.92 Å². The molecule has 0 aliphatic carbocycles. The summed E-state index contributed by atoms with van der Waals surface area (Å²) in [4.78, 5) is 9.31. The standard InChI is InChI=1S/C3H6N2O2/c1-2(6)3(4)5-7/h2,4,6H,1H3. The van der Waals surface area contributed by atoms with E-state index in [4.69, 9.17) is 10.5 Å². The van der Waals surface area contributed by atoms with Crippen LogP contribution in [0.2, 0.25) is 0 Å². The Morgan fingerprint density at radius 3 is 2.43 bits per heavy atom. The molecule has 0 fully saturated rings. The zero-order valence-corrected chi connectivity index (χ0v) is 3.88. The van der Waals surface area contributed by atoms with Gasteiger partial charge in [-0.1, -0.05) is 0 Å². The lowest BCUT2D eigenvalue weighted by molar-refractivity contribution is 0.260. The van der Waals surface area contributed by atoms with Crippen molar-refractivity contribution in [3.63, 3.8) is 0 Å². The lowest BCUT2D eigenvalue weighted by Gasteiger charge is -1.91. The Kier molecular flexibility index (Phi) is 2.15. The van der Waals surface area contributed by atoms with Gasteiger partial charge < -0.3 is 5.11 Å². The Bertz CT molecular complexity index is 88.9. The maximum Gasteiger partial charge on any atom is 0.194 e. The summed E-state index contributed by atoms with van der Waals surface area (Å²) in [5.74, 6) is -0.528. The minimum Gasteiger partial charge on any atom is -0.385 e. The topological polar surface area (TPSA) is 73.5 Å². The molecular weight excluding hydrogens is 96.0 g/mol. The van der Waals surface area contributed by atoms with Crippen molar-refractivity contribution in [2.75, 3.05) is 0 Å². The molecule has 0 spiro atoms. The highest BCUT2D eigenvalue weighted by atomic mass is 16.3. The second-order valence-corrected chi connectivity index (χ2v) is 1.15. The lowest BCUT2D eigenvalue weighted by Crippen LogP contribution is -2.10. The monoisotopic (exact) mass is 102 g/mol. The molecule has 0 saturated carbocycles. The van der Waals surface area contributed by atoms with Crippen LogP contribution < -0.4 is 0 Å². The van der Waals surface area contributed by atoms with Crippen LogP contribution in [0, 0.1) is 10.3 Å². The van der Waals surface area contributed by atoms with E-state index in [0.29, 0.717) is 0 Å². The second-order valence-electron chi connectivity index (χ2n) is 1.15. The van der Waals surface area contributed by atoms with Crippen LogP contribution in [0.5, 0.6) is 0 Å². The van der Waals surface area contributed by atoms with Crippen molar-refractivity contribution in [3.05, 3.63) is 4.91 Å². The molecule has 0 bridgehead atoms. The molecule has 0 aromatic rings. The van der Waals surface area contributed by atoms with Gasteiger partial charge in [0.15, 0.2) is 5.84 Å². The van der Waals surface area contributed by atoms with E-state index in [0.717, 1.165) is 0 Å². The molecule has 0 aromatic heterocycles. The average molecular weight is 102 g/mol. The van der Waals surface area contributed by atoms with Gasteiger partial charge in [-0.15, -0.1) is 4.91 Å². The molecule has 0 aliphatic heterocycles. The zero-order chi connectivity index (χ0) is 5.86. The number of aliphatic hydroxyl groups excluding tert-OH is 1. The Morgan fingerprint density at radius 2 is 2.43 bits per heavy atom. The summed E-state index contributed by atoms with van der Waals surface area (Å²) in [7, 11) is 0. The summed E-state index contributed by atoms with van der Waals surface area (Å²) in [6.07, 6.45) is -1.03. The first-order valence-corrected chi connectivity index (χ1v) is 1.78. The van der Waals surface area contributed by atoms with Crippen molar-refractivity contribution < 1.29 is 5.11 Å². The fourth-order valence-corrected chi connectivity index (χ4v) is 0.0763. The van der Waals surface area contributed by atoms with Crippen molar-refractivity contribution in [1.82, 2.24) is 0 Å². The summed E-state index contributed by atoms with van der Waals surface area (Å²) in [6, 6.07) is 0. The van der Waals surface area contributed by atoms with Gasteiger partial charge >= 0.3 is 0 Å². The van der Waals surface area contributed by atoms with Gasteiger partial charge in [-0.05, 0) is 12.1 Å². The van der Waals surface area contributed by atoms with E-state index in [1.807, 2.05) is 0 Å². The van der Waals surface area contributed by atoms with Crippen molar-refractivity contribution >= 4 is 5.84 Å². The molecule has 4 nitrogen and oxygen atoms in total. The summed E-state index contributed by atoms with van der Waals surface area (Å²) < 4.78 is 0. The molecule has 7 heavy (non-hydrogen) atoms. The van der Waals surface area contributed by atoms with Crippen molar-refractivity contribution in [3.8, 4) is 0 Å². The summed E-state index contributed by atoms with van der Waals surface area (Å²) in [6.45, 7) is 1.31. The number of hydrogen-bond donors (Lipinski definition) is 2. The maximum absolute atomic E-state index is 9.31. The number of amidine groups is 1. The highest BCUT2D eigenvalue weighted by Crippen LogP contribution is 1.82. The smallest absolute Gasteiger partial charge is 0.194 e. The van der Waals surface area contributed by atoms with E-state index in [-0.39, 0.29) is 0 Å². The highest BCUT2D eigenvalue weighted by Gasteiger charge is 2.00. The first-order valence-electron chi connectivity index (χ1n) is 1.78. The number of hydrogen-bond acceptors (Lipinski definition) is 3. The zero-order valence-electron chi connectivity index (χ0n) is 3.88. The van der Waals surface area contributed by atoms with Crippen LogP contribution >= 0.6 is 0 Å². The Labute approximate surface area is 40.6 Å². The van der Waals surface area contributed by atoms with Crippen LogP contribution in [0.25, 0.3) is 0 Å². The number of nitroso groups, excluding NO2 is 1. The molecule has 0 heterocycles. The van der Waals surface area contributed by atoms with E-state index in [1.54, 1.807) is 0 Å². The Hall–Kier alpha value is -0.770. The van der Waals surface area contributed by atoms with Gasteiger partial charge in [0.25, 0.3) is 0 Å². The Balaban J connectivity index is 3.56. The van der Waals surface area contributed by atoms with Crippen LogP contribution in [0.15, 0.2) is 5.18 Å². The first kappa shape index (κ1) is 6.23. The normalized spacial score (nSPS) is 12.9. The van der Waals surface area contributed by atoms with Gasteiger partial charge in [-0.25, -0.2) is 0 Å². The molecule has 0 radical (unpaired) electrons. The molecule has 2 N–H and O–H groups in total. The fourth-order valence-electron chi connectivity index (χ4n) is 0.0763. The quantitative estimate of drug-likeness (QED) is 0.280. The molecule has 0 amide bonds. The predicted molar refractivity (Wildman–Crippen MR) is 25.2 cm³/mol. The van der Waals surface area contributed by atoms with Crippen molar-refractivity contribution in [2.24, 2.45) is 5.18 Å². The van der Waals surface area contributed by atoms with E-state index < -0.39 is 11.9 Å². The van der Waals surface area contributed by atoms with Gasteiger partial charge in [0.1, 0.15) is 6.10 Å². The largest absolute Gasteiger partial charge is 0.385 e. The number of nitrogens with zero attached hydrogens (tertiary/aromatic N) is 1. The number of aliphatic hydroxyl groups is 1. The lowest BCUT2D eigenvalue weighted by atomic mass is 10.4. The predicted octanol–water partition coefficient (Wildman–Crippen LogP) is 0.111. The van der Waals surface area contributed by atoms with Crippen LogP contribution in [-0.4, -0.2) is 17.0 Å². The van der Waals surface area contributed by atoms with Crippen LogP contribution in [0.3, 0.4) is 0 Å². The minimum absolute atomic E-state index is 0.528. The third-order valence-corrected chi connectivity index (χ3v) is 0.494. The van der Waals surface area contributed by atoms with Crippen molar-refractivity contribution in [1.29, 1.82) is 5.41 Å². The van der Waals surface area contributed by atoms with Crippen LogP contribution in [0.4, 0.5) is 0 Å². The van der Waals surface area contributed by atoms with Gasteiger partial charge in [-0.3, -0.25) is 5.41 Å². The van der Waals surface area contributed by atoms with Gasteiger partial charge in [0.2, 0.25) is 0 Å². The molecule has 1 unspecified atom stereocenters. The van der Waals surface area contributed by atoms with E-state index >= 15 is 0 Å². The third-order valence-electron chi connectivity index (χ3n) is 0.494. The molecule has 4 heteroatoms. The fraction of sp³-hybridized carbons (Fsp3) is 0.667. The van der Waals surface area contributed by atoms with Gasteiger partial charge in [-0.2, -0.15) is 0 Å². The second kappa shape index (κ2) is 2.41. The summed E-state index contributed by atoms with van der Waals surface area (Å²) >= 11 is 0. The van der Waals surface area contributed by atoms with Gasteiger partial charge in [0, 0.05) is 0 Å². The Morgan fingerprint density at radius 1 is 2.00 bits per heavy atom. The average Bonchev–Trinajstić information content (AvgIpc) is 1.65. The van der Waals surface area contributed by atoms with E-state index in [1.165, 1.54) is 6.92 Å². The first-order chi connectivity index (χ1) is 3.18. The molecule has 0 rings (SSSR count). The van der Waals surface area contributed by atoms with Gasteiger partial charge in [0.05, 0.1) is 0 Å². The molecule has 0 saturated heterocycles. The minimum atomic E-state index is -1.03. The maximum atomic E-state index is 9.31. The molecule has 1 atom stereocenters. The third kappa shape index (κ3) is 1.99. The molecule has 40 valence electrons. The SMILES string of the molecule is CC(O)C(=N)N=O. The van der Waals surface area contributed by atoms with Crippen molar-refractivity contribution in [2.45, 2.75) is 13.0 Å². The van der Waals surface area contributed by atoms with Crippen LogP contribution in [-0.2, 0) is 0 Å². The molecule has 0 aliphatic rings. The summed E-state index contributed by atoms with van der Waals surface area (Å²) in [5.41, 5.74) is 0. The van der Waals surface area contributed by atoms with E-state index in [2.05, 4.69) is 5.18 Å². The summed E-state index contributed by atoms with van der Waals surface area (Å²) in [5, 5.41) is 16.9. The molecular formula is C3H6N2O2. The molecule has 0 aromatic carbocycles. The number of nitrogens with one attached hydrogen (secondary N) is 1. The highest BCUT2D eigenvalue weighted by molar-refractivity contribution is 5.83.